The maximum absolute atomic E-state index is 13.3. The van der Waals surface area contributed by atoms with Crippen LogP contribution in [0.4, 0.5) is 30.7 Å². The molecule has 0 saturated carbocycles. The monoisotopic (exact) mass is 447 g/mol. The van der Waals surface area contributed by atoms with E-state index in [9.17, 15) is 35.8 Å². The Morgan fingerprint density at radius 2 is 1.35 bits per heavy atom. The summed E-state index contributed by atoms with van der Waals surface area (Å²) in [6.07, 6.45) is -12.2. The minimum absolute atomic E-state index is 0.0384. The average Bonchev–Trinajstić information content (AvgIpc) is 3.11. The lowest BCUT2D eigenvalue weighted by atomic mass is 10.0. The molecule has 3 nitrogen and oxygen atoms in total. The summed E-state index contributed by atoms with van der Waals surface area (Å²) in [5.41, 5.74) is -2.60. The lowest BCUT2D eigenvalue weighted by molar-refractivity contribution is -0.143. The topological polar surface area (TPSA) is 45.2 Å². The number of nitrogens with one attached hydrogen (secondary N) is 1. The van der Waals surface area contributed by atoms with Crippen LogP contribution in [0.1, 0.15) is 47.1 Å². The zero-order chi connectivity index (χ0) is 23.0. The van der Waals surface area contributed by atoms with Gasteiger partial charge in [0.2, 0.25) is 0 Å². The first-order chi connectivity index (χ1) is 14.3. The number of ether oxygens (including phenoxy) is 1. The van der Waals surface area contributed by atoms with Crippen molar-refractivity contribution in [3.63, 3.8) is 0 Å². The average molecular weight is 447 g/mol. The molecule has 0 unspecified atom stereocenters. The summed E-state index contributed by atoms with van der Waals surface area (Å²) >= 11 is 0. The van der Waals surface area contributed by atoms with E-state index < -0.39 is 41.5 Å². The molecule has 0 bridgehead atoms. The molecule has 2 N–H and O–H groups in total. The third-order valence-corrected chi connectivity index (χ3v) is 4.57. The number of halogens is 7. The van der Waals surface area contributed by atoms with Crippen molar-refractivity contribution < 1.29 is 40.6 Å². The number of aromatic hydroxyl groups is 1. The van der Waals surface area contributed by atoms with Crippen LogP contribution >= 0.6 is 0 Å². The van der Waals surface area contributed by atoms with Crippen molar-refractivity contribution in [1.29, 1.82) is 0 Å². The summed E-state index contributed by atoms with van der Waals surface area (Å²) in [5, 5.41) is 9.57. The molecule has 0 aliphatic carbocycles. The standard InChI is InChI=1S/C21H16F7NO2/c1-11(13-8-14(20(23,24)25)10-15(9-13)21(26,27)28)31-19(17-6-7-18(30)29-17)12-2-4-16(22)5-3-12/h2-11,19,29-30H,1H3/t11-,19+/m1/s1. The van der Waals surface area contributed by atoms with E-state index in [0.717, 1.165) is 12.1 Å². The van der Waals surface area contributed by atoms with Gasteiger partial charge >= 0.3 is 12.4 Å². The number of hydrogen-bond acceptors (Lipinski definition) is 2. The maximum atomic E-state index is 13.3. The fraction of sp³-hybridized carbons (Fsp3) is 0.238. The van der Waals surface area contributed by atoms with E-state index in [2.05, 4.69) is 4.98 Å². The van der Waals surface area contributed by atoms with Gasteiger partial charge in [0.05, 0.1) is 22.9 Å². The van der Waals surface area contributed by atoms with E-state index in [0.29, 0.717) is 17.7 Å². The van der Waals surface area contributed by atoms with E-state index >= 15 is 0 Å². The van der Waals surface area contributed by atoms with E-state index in [1.807, 2.05) is 0 Å². The molecular weight excluding hydrogens is 431 g/mol. The molecule has 2 atom stereocenters. The zero-order valence-corrected chi connectivity index (χ0v) is 15.9. The quantitative estimate of drug-likeness (QED) is 0.425. The number of aromatic nitrogens is 1. The first kappa shape index (κ1) is 22.7. The number of aromatic amines is 1. The van der Waals surface area contributed by atoms with Gasteiger partial charge in [-0.05, 0) is 60.5 Å². The van der Waals surface area contributed by atoms with Gasteiger partial charge in [-0.25, -0.2) is 4.39 Å². The van der Waals surface area contributed by atoms with Crippen LogP contribution in [0.5, 0.6) is 5.88 Å². The van der Waals surface area contributed by atoms with Gasteiger partial charge in [-0.3, -0.25) is 0 Å². The van der Waals surface area contributed by atoms with Gasteiger partial charge < -0.3 is 14.8 Å². The summed E-state index contributed by atoms with van der Waals surface area (Å²) in [6.45, 7) is 1.30. The zero-order valence-electron chi connectivity index (χ0n) is 15.9. The van der Waals surface area contributed by atoms with Gasteiger partial charge in [0.25, 0.3) is 0 Å². The van der Waals surface area contributed by atoms with Crippen molar-refractivity contribution in [1.82, 2.24) is 4.98 Å². The van der Waals surface area contributed by atoms with Gasteiger partial charge in [-0.2, -0.15) is 26.3 Å². The van der Waals surface area contributed by atoms with Crippen LogP contribution in [0.15, 0.2) is 54.6 Å². The Kier molecular flexibility index (Phi) is 6.04. The predicted octanol–water partition coefficient (Wildman–Crippen LogP) is 6.76. The van der Waals surface area contributed by atoms with E-state index in [1.54, 1.807) is 0 Å². The first-order valence-electron chi connectivity index (χ1n) is 8.93. The third kappa shape index (κ3) is 5.38. The SMILES string of the molecule is C[C@@H](O[C@@H](c1ccc(F)cc1)c1ccc(O)[nH]1)c1cc(C(F)(F)F)cc(C(F)(F)F)c1. The Labute approximate surface area is 172 Å². The summed E-state index contributed by atoms with van der Waals surface area (Å²) in [7, 11) is 0. The number of alkyl halides is 6. The van der Waals surface area contributed by atoms with Crippen molar-refractivity contribution in [2.45, 2.75) is 31.5 Å². The Balaban J connectivity index is 2.01. The predicted molar refractivity (Wildman–Crippen MR) is 96.6 cm³/mol. The molecule has 1 aromatic heterocycles. The van der Waals surface area contributed by atoms with Crippen LogP contribution in [0.3, 0.4) is 0 Å². The Hall–Kier alpha value is -3.01. The van der Waals surface area contributed by atoms with E-state index in [1.165, 1.54) is 31.2 Å². The molecule has 3 aromatic rings. The molecule has 0 spiro atoms. The lowest BCUT2D eigenvalue weighted by Gasteiger charge is -2.24. The second-order valence-corrected chi connectivity index (χ2v) is 6.85. The highest BCUT2D eigenvalue weighted by Crippen LogP contribution is 2.39. The van der Waals surface area contributed by atoms with Crippen LogP contribution in [-0.2, 0) is 17.1 Å². The normalized spacial score (nSPS) is 14.5. The van der Waals surface area contributed by atoms with Crippen molar-refractivity contribution in [3.05, 3.63) is 88.4 Å². The minimum Gasteiger partial charge on any atom is -0.495 e. The summed E-state index contributed by atoms with van der Waals surface area (Å²) in [4.78, 5) is 2.59. The molecule has 0 fully saturated rings. The second kappa shape index (κ2) is 8.26. The van der Waals surface area contributed by atoms with Gasteiger partial charge in [0.15, 0.2) is 5.88 Å². The molecule has 0 radical (unpaired) electrons. The van der Waals surface area contributed by atoms with Gasteiger partial charge in [-0.1, -0.05) is 12.1 Å². The van der Waals surface area contributed by atoms with Crippen molar-refractivity contribution >= 4 is 0 Å². The number of hydrogen-bond donors (Lipinski definition) is 2. The molecule has 3 rings (SSSR count). The maximum Gasteiger partial charge on any atom is 0.416 e. The van der Waals surface area contributed by atoms with Crippen LogP contribution in [0.2, 0.25) is 0 Å². The molecule has 10 heteroatoms. The number of H-pyrrole nitrogens is 1. The molecule has 1 heterocycles. The second-order valence-electron chi connectivity index (χ2n) is 6.85. The Morgan fingerprint density at radius 3 is 1.81 bits per heavy atom. The lowest BCUT2D eigenvalue weighted by Crippen LogP contribution is -2.15. The van der Waals surface area contributed by atoms with Gasteiger partial charge in [-0.15, -0.1) is 0 Å². The fourth-order valence-corrected chi connectivity index (χ4v) is 3.02. The smallest absolute Gasteiger partial charge is 0.416 e. The minimum atomic E-state index is -4.99. The molecule has 0 aliphatic heterocycles. The highest BCUT2D eigenvalue weighted by atomic mass is 19.4. The summed E-state index contributed by atoms with van der Waals surface area (Å²) in [6, 6.07) is 8.93. The van der Waals surface area contributed by atoms with Crippen LogP contribution in [-0.4, -0.2) is 10.1 Å². The first-order valence-corrected chi connectivity index (χ1v) is 8.93. The Morgan fingerprint density at radius 1 is 0.806 bits per heavy atom. The third-order valence-electron chi connectivity index (χ3n) is 4.57. The summed E-state index contributed by atoms with van der Waals surface area (Å²) < 4.78 is 98.0. The Bertz CT molecular complexity index is 1010. The van der Waals surface area contributed by atoms with Gasteiger partial charge in [0.1, 0.15) is 11.9 Å². The fourth-order valence-electron chi connectivity index (χ4n) is 3.02. The van der Waals surface area contributed by atoms with Gasteiger partial charge in [0, 0.05) is 0 Å². The van der Waals surface area contributed by atoms with Crippen molar-refractivity contribution in [3.8, 4) is 5.88 Å². The largest absolute Gasteiger partial charge is 0.495 e. The molecule has 2 aromatic carbocycles. The molecular formula is C21H16F7NO2. The number of benzene rings is 2. The molecule has 166 valence electrons. The molecule has 0 aliphatic rings. The molecule has 31 heavy (non-hydrogen) atoms. The summed E-state index contributed by atoms with van der Waals surface area (Å²) in [5.74, 6) is -0.769. The van der Waals surface area contributed by atoms with E-state index in [-0.39, 0.29) is 23.2 Å². The highest BCUT2D eigenvalue weighted by molar-refractivity contribution is 5.35. The van der Waals surface area contributed by atoms with Crippen molar-refractivity contribution in [2.24, 2.45) is 0 Å². The number of rotatable bonds is 5. The molecule has 0 amide bonds. The highest BCUT2D eigenvalue weighted by Gasteiger charge is 2.37. The van der Waals surface area contributed by atoms with Crippen LogP contribution < -0.4 is 0 Å². The van der Waals surface area contributed by atoms with Crippen molar-refractivity contribution in [2.75, 3.05) is 0 Å². The molecule has 0 saturated heterocycles. The van der Waals surface area contributed by atoms with Crippen LogP contribution in [0, 0.1) is 5.82 Å². The van der Waals surface area contributed by atoms with Crippen LogP contribution in [0.25, 0.3) is 0 Å². The van der Waals surface area contributed by atoms with E-state index in [4.69, 9.17) is 4.74 Å².